The highest BCUT2D eigenvalue weighted by Crippen LogP contribution is 2.23. The van der Waals surface area contributed by atoms with Crippen molar-refractivity contribution in [1.29, 1.82) is 0 Å². The SMILES string of the molecule is Cc1[nH]c2ccc(F)cc2c1CC(=O)NCCCOCc1ccco1. The molecule has 1 aromatic carbocycles. The molecule has 0 unspecified atom stereocenters. The summed E-state index contributed by atoms with van der Waals surface area (Å²) >= 11 is 0. The van der Waals surface area contributed by atoms with E-state index in [1.807, 2.05) is 19.1 Å². The molecule has 132 valence electrons. The van der Waals surface area contributed by atoms with Gasteiger partial charge in [0, 0.05) is 29.7 Å². The maximum atomic E-state index is 13.5. The number of fused-ring (bicyclic) bond motifs is 1. The first-order chi connectivity index (χ1) is 12.1. The maximum Gasteiger partial charge on any atom is 0.224 e. The van der Waals surface area contributed by atoms with E-state index in [-0.39, 0.29) is 18.1 Å². The number of carbonyl (C=O) groups excluding carboxylic acids is 1. The molecule has 0 aliphatic heterocycles. The topological polar surface area (TPSA) is 67.3 Å². The molecule has 0 atom stereocenters. The second-order valence-electron chi connectivity index (χ2n) is 5.93. The molecule has 2 N–H and O–H groups in total. The Bertz CT molecular complexity index is 840. The lowest BCUT2D eigenvalue weighted by molar-refractivity contribution is -0.120. The van der Waals surface area contributed by atoms with Crippen LogP contribution in [0.25, 0.3) is 10.9 Å². The molecule has 25 heavy (non-hydrogen) atoms. The summed E-state index contributed by atoms with van der Waals surface area (Å²) in [5, 5.41) is 3.63. The summed E-state index contributed by atoms with van der Waals surface area (Å²) in [6.07, 6.45) is 2.55. The summed E-state index contributed by atoms with van der Waals surface area (Å²) in [5.74, 6) is 0.396. The van der Waals surface area contributed by atoms with Crippen molar-refractivity contribution in [2.45, 2.75) is 26.4 Å². The van der Waals surface area contributed by atoms with Crippen LogP contribution in [0.2, 0.25) is 0 Å². The minimum atomic E-state index is -0.304. The molecule has 0 aliphatic carbocycles. The van der Waals surface area contributed by atoms with Crippen LogP contribution in [-0.4, -0.2) is 24.0 Å². The Morgan fingerprint density at radius 1 is 1.36 bits per heavy atom. The highest BCUT2D eigenvalue weighted by atomic mass is 19.1. The van der Waals surface area contributed by atoms with Crippen LogP contribution in [0, 0.1) is 12.7 Å². The largest absolute Gasteiger partial charge is 0.467 e. The van der Waals surface area contributed by atoms with Crippen LogP contribution in [0.15, 0.2) is 41.0 Å². The predicted octanol–water partition coefficient (Wildman–Crippen LogP) is 3.47. The number of H-pyrrole nitrogens is 1. The van der Waals surface area contributed by atoms with E-state index in [0.717, 1.165) is 27.9 Å². The summed E-state index contributed by atoms with van der Waals surface area (Å²) in [6.45, 7) is 3.40. The Morgan fingerprint density at radius 3 is 3.04 bits per heavy atom. The molecule has 0 fully saturated rings. The van der Waals surface area contributed by atoms with Gasteiger partial charge in [0.2, 0.25) is 5.91 Å². The van der Waals surface area contributed by atoms with Gasteiger partial charge in [-0.15, -0.1) is 0 Å². The molecule has 5 nitrogen and oxygen atoms in total. The van der Waals surface area contributed by atoms with Crippen molar-refractivity contribution >= 4 is 16.8 Å². The van der Waals surface area contributed by atoms with Crippen molar-refractivity contribution in [3.8, 4) is 0 Å². The van der Waals surface area contributed by atoms with E-state index in [0.29, 0.717) is 26.2 Å². The summed E-state index contributed by atoms with van der Waals surface area (Å²) in [5.41, 5.74) is 2.56. The van der Waals surface area contributed by atoms with Gasteiger partial charge in [0.15, 0.2) is 0 Å². The number of nitrogens with one attached hydrogen (secondary N) is 2. The number of amides is 1. The molecular formula is C19H21FN2O3. The normalized spacial score (nSPS) is 11.1. The second kappa shape index (κ2) is 7.98. The van der Waals surface area contributed by atoms with Gasteiger partial charge in [0.1, 0.15) is 18.2 Å². The van der Waals surface area contributed by atoms with Crippen LogP contribution in [0.3, 0.4) is 0 Å². The number of furan rings is 1. The molecule has 2 heterocycles. The Kier molecular flexibility index (Phi) is 5.50. The third kappa shape index (κ3) is 4.48. The quantitative estimate of drug-likeness (QED) is 0.615. The fraction of sp³-hybridized carbons (Fsp3) is 0.316. The molecule has 6 heteroatoms. The van der Waals surface area contributed by atoms with Crippen LogP contribution >= 0.6 is 0 Å². The van der Waals surface area contributed by atoms with Crippen LogP contribution < -0.4 is 5.32 Å². The van der Waals surface area contributed by atoms with Gasteiger partial charge in [-0.1, -0.05) is 0 Å². The smallest absolute Gasteiger partial charge is 0.224 e. The summed E-state index contributed by atoms with van der Waals surface area (Å²) in [6, 6.07) is 8.23. The molecule has 3 aromatic rings. The zero-order chi connectivity index (χ0) is 17.6. The second-order valence-corrected chi connectivity index (χ2v) is 5.93. The van der Waals surface area contributed by atoms with Gasteiger partial charge in [-0.2, -0.15) is 0 Å². The molecule has 0 saturated carbocycles. The van der Waals surface area contributed by atoms with Crippen LogP contribution in [0.5, 0.6) is 0 Å². The number of benzene rings is 1. The van der Waals surface area contributed by atoms with Gasteiger partial charge in [0.05, 0.1) is 12.7 Å². The highest BCUT2D eigenvalue weighted by Gasteiger charge is 2.13. The fourth-order valence-electron chi connectivity index (χ4n) is 2.77. The van der Waals surface area contributed by atoms with Gasteiger partial charge >= 0.3 is 0 Å². The van der Waals surface area contributed by atoms with Crippen molar-refractivity contribution in [2.75, 3.05) is 13.2 Å². The standard InChI is InChI=1S/C19H21FN2O3/c1-13-16(17-10-14(20)5-6-18(17)22-13)11-19(23)21-7-3-8-24-12-15-4-2-9-25-15/h2,4-6,9-10,22H,3,7-8,11-12H2,1H3,(H,21,23). The first-order valence-electron chi connectivity index (χ1n) is 8.27. The molecule has 0 aliphatic rings. The third-order valence-corrected chi connectivity index (χ3v) is 4.03. The van der Waals surface area contributed by atoms with Crippen molar-refractivity contribution < 1.29 is 18.3 Å². The van der Waals surface area contributed by atoms with Crippen molar-refractivity contribution in [3.63, 3.8) is 0 Å². The molecule has 0 saturated heterocycles. The van der Waals surface area contributed by atoms with Crippen molar-refractivity contribution in [2.24, 2.45) is 0 Å². The number of hydrogen-bond acceptors (Lipinski definition) is 3. The predicted molar refractivity (Wildman–Crippen MR) is 92.7 cm³/mol. The molecule has 2 aromatic heterocycles. The van der Waals surface area contributed by atoms with Gasteiger partial charge < -0.3 is 19.5 Å². The average Bonchev–Trinajstić information content (AvgIpc) is 3.20. The van der Waals surface area contributed by atoms with E-state index in [2.05, 4.69) is 10.3 Å². The number of aromatic nitrogens is 1. The lowest BCUT2D eigenvalue weighted by Crippen LogP contribution is -2.27. The summed E-state index contributed by atoms with van der Waals surface area (Å²) in [4.78, 5) is 15.3. The van der Waals surface area contributed by atoms with Gasteiger partial charge in [0.25, 0.3) is 0 Å². The van der Waals surface area contributed by atoms with Crippen molar-refractivity contribution in [3.05, 3.63) is 59.4 Å². The van der Waals surface area contributed by atoms with E-state index < -0.39 is 0 Å². The molecule has 0 bridgehead atoms. The fourth-order valence-corrected chi connectivity index (χ4v) is 2.77. The van der Waals surface area contributed by atoms with Crippen molar-refractivity contribution in [1.82, 2.24) is 10.3 Å². The number of ether oxygens (including phenoxy) is 1. The van der Waals surface area contributed by atoms with Gasteiger partial charge in [-0.25, -0.2) is 4.39 Å². The number of carbonyl (C=O) groups is 1. The zero-order valence-electron chi connectivity index (χ0n) is 14.1. The summed E-state index contributed by atoms with van der Waals surface area (Å²) in [7, 11) is 0. The van der Waals surface area contributed by atoms with Crippen LogP contribution in [0.1, 0.15) is 23.4 Å². The first-order valence-corrected chi connectivity index (χ1v) is 8.27. The first kappa shape index (κ1) is 17.2. The van der Waals surface area contributed by atoms with Gasteiger partial charge in [-0.05, 0) is 49.2 Å². The minimum Gasteiger partial charge on any atom is -0.467 e. The third-order valence-electron chi connectivity index (χ3n) is 4.03. The number of halogens is 1. The highest BCUT2D eigenvalue weighted by molar-refractivity contribution is 5.90. The Labute approximate surface area is 145 Å². The maximum absolute atomic E-state index is 13.5. The minimum absolute atomic E-state index is 0.0840. The zero-order valence-corrected chi connectivity index (χ0v) is 14.1. The molecular weight excluding hydrogens is 323 g/mol. The molecule has 1 amide bonds. The van der Waals surface area contributed by atoms with E-state index >= 15 is 0 Å². The van der Waals surface area contributed by atoms with E-state index in [4.69, 9.17) is 9.15 Å². The lowest BCUT2D eigenvalue weighted by atomic mass is 10.1. The molecule has 0 radical (unpaired) electrons. The van der Waals surface area contributed by atoms with E-state index in [1.165, 1.54) is 12.1 Å². The van der Waals surface area contributed by atoms with Gasteiger partial charge in [-0.3, -0.25) is 4.79 Å². The monoisotopic (exact) mass is 344 g/mol. The summed E-state index contributed by atoms with van der Waals surface area (Å²) < 4.78 is 24.1. The Balaban J connectivity index is 1.43. The average molecular weight is 344 g/mol. The number of aromatic amines is 1. The van der Waals surface area contributed by atoms with Crippen LogP contribution in [0.4, 0.5) is 4.39 Å². The number of hydrogen-bond donors (Lipinski definition) is 2. The lowest BCUT2D eigenvalue weighted by Gasteiger charge is -2.06. The Hall–Kier alpha value is -2.60. The van der Waals surface area contributed by atoms with E-state index in [1.54, 1.807) is 12.3 Å². The number of aryl methyl sites for hydroxylation is 1. The number of rotatable bonds is 8. The molecule has 0 spiro atoms. The van der Waals surface area contributed by atoms with Crippen LogP contribution in [-0.2, 0) is 22.6 Å². The van der Waals surface area contributed by atoms with E-state index in [9.17, 15) is 9.18 Å². The Morgan fingerprint density at radius 2 is 2.24 bits per heavy atom. The molecule has 3 rings (SSSR count).